The summed E-state index contributed by atoms with van der Waals surface area (Å²) in [4.78, 5) is 12.2. The third kappa shape index (κ3) is 3.48. The molecule has 0 aliphatic rings. The number of benzene rings is 1. The minimum absolute atomic E-state index is 0.209. The molecule has 0 unspecified atom stereocenters. The maximum Gasteiger partial charge on any atom is 0.241 e. The summed E-state index contributed by atoms with van der Waals surface area (Å²) in [7, 11) is 0. The van der Waals surface area contributed by atoms with E-state index in [0.717, 1.165) is 5.56 Å². The van der Waals surface area contributed by atoms with E-state index in [0.29, 0.717) is 18.1 Å². The normalized spacial score (nSPS) is 13.0. The van der Waals surface area contributed by atoms with Crippen molar-refractivity contribution in [2.24, 2.45) is 11.1 Å². The van der Waals surface area contributed by atoms with Gasteiger partial charge in [0.05, 0.1) is 6.04 Å². The van der Waals surface area contributed by atoms with Crippen molar-refractivity contribution in [1.82, 2.24) is 20.2 Å². The molecule has 1 atom stereocenters. The van der Waals surface area contributed by atoms with Crippen LogP contribution in [0.3, 0.4) is 0 Å². The lowest BCUT2D eigenvalue weighted by molar-refractivity contribution is -0.119. The standard InChI is InChI=1S/C15H22N6O/c1-5-21-13(18-19-20-21)10-7-6-8-11(9-10)17-14(22)12(16)15(2,3)4/h6-9,12H,5,16H2,1-4H3,(H,17,22)/t12-/m1/s1. The van der Waals surface area contributed by atoms with Crippen LogP contribution >= 0.6 is 0 Å². The third-order valence-corrected chi connectivity index (χ3v) is 3.44. The number of carbonyl (C=O) groups is 1. The average Bonchev–Trinajstić information content (AvgIpc) is 2.94. The Balaban J connectivity index is 2.21. The fraction of sp³-hybridized carbons (Fsp3) is 0.467. The lowest BCUT2D eigenvalue weighted by Crippen LogP contribution is -2.45. The molecule has 0 fully saturated rings. The van der Waals surface area contributed by atoms with Crippen molar-refractivity contribution in [2.45, 2.75) is 40.3 Å². The van der Waals surface area contributed by atoms with Gasteiger partial charge in [-0.1, -0.05) is 32.9 Å². The zero-order valence-corrected chi connectivity index (χ0v) is 13.4. The monoisotopic (exact) mass is 302 g/mol. The first kappa shape index (κ1) is 16.1. The predicted octanol–water partition coefficient (Wildman–Crippen LogP) is 1.67. The minimum Gasteiger partial charge on any atom is -0.325 e. The van der Waals surface area contributed by atoms with Crippen molar-refractivity contribution in [3.8, 4) is 11.4 Å². The second-order valence-electron chi connectivity index (χ2n) is 6.23. The van der Waals surface area contributed by atoms with E-state index in [4.69, 9.17) is 5.73 Å². The van der Waals surface area contributed by atoms with Gasteiger partial charge in [0.1, 0.15) is 0 Å². The number of nitrogens with one attached hydrogen (secondary N) is 1. The van der Waals surface area contributed by atoms with Crippen LogP contribution in [0.5, 0.6) is 0 Å². The van der Waals surface area contributed by atoms with E-state index in [1.807, 2.05) is 52.0 Å². The summed E-state index contributed by atoms with van der Waals surface area (Å²) >= 11 is 0. The Hall–Kier alpha value is -2.28. The number of hydrogen-bond acceptors (Lipinski definition) is 5. The molecule has 2 aromatic rings. The maximum absolute atomic E-state index is 12.2. The van der Waals surface area contributed by atoms with E-state index < -0.39 is 6.04 Å². The topological polar surface area (TPSA) is 98.7 Å². The highest BCUT2D eigenvalue weighted by Gasteiger charge is 2.27. The second kappa shape index (κ2) is 6.23. The smallest absolute Gasteiger partial charge is 0.241 e. The lowest BCUT2D eigenvalue weighted by atomic mass is 9.87. The Morgan fingerprint density at radius 2 is 2.14 bits per heavy atom. The fourth-order valence-corrected chi connectivity index (χ4v) is 1.97. The summed E-state index contributed by atoms with van der Waals surface area (Å²) in [5.74, 6) is 0.457. The van der Waals surface area contributed by atoms with E-state index >= 15 is 0 Å². The molecule has 1 aromatic heterocycles. The Kier molecular flexibility index (Phi) is 4.56. The number of amides is 1. The summed E-state index contributed by atoms with van der Waals surface area (Å²) in [6, 6.07) is 6.82. The van der Waals surface area contributed by atoms with Crippen molar-refractivity contribution in [2.75, 3.05) is 5.32 Å². The van der Waals surface area contributed by atoms with Crippen molar-refractivity contribution >= 4 is 11.6 Å². The number of aryl methyl sites for hydroxylation is 1. The SMILES string of the molecule is CCn1nnnc1-c1cccc(NC(=O)[C@@H](N)C(C)(C)C)c1. The molecule has 0 saturated heterocycles. The number of rotatable bonds is 4. The Morgan fingerprint density at radius 1 is 1.41 bits per heavy atom. The van der Waals surface area contributed by atoms with Gasteiger partial charge in [-0.15, -0.1) is 5.10 Å². The van der Waals surface area contributed by atoms with E-state index in [1.54, 1.807) is 4.68 Å². The zero-order chi connectivity index (χ0) is 16.3. The van der Waals surface area contributed by atoms with Crippen LogP contribution in [0, 0.1) is 5.41 Å². The molecule has 7 heteroatoms. The Labute approximate surface area is 129 Å². The fourth-order valence-electron chi connectivity index (χ4n) is 1.97. The number of anilines is 1. The van der Waals surface area contributed by atoms with Crippen LogP contribution in [0.25, 0.3) is 11.4 Å². The van der Waals surface area contributed by atoms with Gasteiger partial charge in [0.25, 0.3) is 0 Å². The molecule has 118 valence electrons. The molecule has 22 heavy (non-hydrogen) atoms. The highest BCUT2D eigenvalue weighted by Crippen LogP contribution is 2.22. The maximum atomic E-state index is 12.2. The molecule has 1 amide bonds. The van der Waals surface area contributed by atoms with Crippen molar-refractivity contribution in [3.63, 3.8) is 0 Å². The van der Waals surface area contributed by atoms with Gasteiger partial charge in [-0.25, -0.2) is 4.68 Å². The second-order valence-corrected chi connectivity index (χ2v) is 6.23. The van der Waals surface area contributed by atoms with Gasteiger partial charge in [0.15, 0.2) is 5.82 Å². The molecule has 0 radical (unpaired) electrons. The van der Waals surface area contributed by atoms with Crippen LogP contribution in [-0.2, 0) is 11.3 Å². The number of hydrogen-bond donors (Lipinski definition) is 2. The molecule has 2 rings (SSSR count). The van der Waals surface area contributed by atoms with Crippen LogP contribution in [0.15, 0.2) is 24.3 Å². The zero-order valence-electron chi connectivity index (χ0n) is 13.4. The molecule has 0 aliphatic carbocycles. The largest absolute Gasteiger partial charge is 0.325 e. The molecule has 3 N–H and O–H groups in total. The number of nitrogens with zero attached hydrogens (tertiary/aromatic N) is 4. The van der Waals surface area contributed by atoms with Crippen LogP contribution in [0.2, 0.25) is 0 Å². The molecular formula is C15H22N6O. The van der Waals surface area contributed by atoms with Crippen LogP contribution in [0.4, 0.5) is 5.69 Å². The van der Waals surface area contributed by atoms with Gasteiger partial charge < -0.3 is 11.1 Å². The molecule has 0 aliphatic heterocycles. The Morgan fingerprint density at radius 3 is 2.77 bits per heavy atom. The van der Waals surface area contributed by atoms with E-state index in [9.17, 15) is 4.79 Å². The molecular weight excluding hydrogens is 280 g/mol. The van der Waals surface area contributed by atoms with Gasteiger partial charge in [0, 0.05) is 17.8 Å². The van der Waals surface area contributed by atoms with Crippen molar-refractivity contribution < 1.29 is 4.79 Å². The highest BCUT2D eigenvalue weighted by atomic mass is 16.2. The van der Waals surface area contributed by atoms with Crippen molar-refractivity contribution in [1.29, 1.82) is 0 Å². The number of tetrazole rings is 1. The summed E-state index contributed by atoms with van der Waals surface area (Å²) in [6.07, 6.45) is 0. The molecule has 0 spiro atoms. The first-order chi connectivity index (χ1) is 10.3. The summed E-state index contributed by atoms with van der Waals surface area (Å²) < 4.78 is 1.70. The number of nitrogens with two attached hydrogens (primary N) is 1. The van der Waals surface area contributed by atoms with E-state index in [-0.39, 0.29) is 11.3 Å². The summed E-state index contributed by atoms with van der Waals surface area (Å²) in [5, 5.41) is 14.4. The van der Waals surface area contributed by atoms with Crippen LogP contribution in [0.1, 0.15) is 27.7 Å². The molecule has 0 bridgehead atoms. The minimum atomic E-state index is -0.586. The third-order valence-electron chi connectivity index (χ3n) is 3.44. The van der Waals surface area contributed by atoms with Gasteiger partial charge in [0.2, 0.25) is 5.91 Å². The molecule has 1 heterocycles. The van der Waals surface area contributed by atoms with Crippen LogP contribution < -0.4 is 11.1 Å². The summed E-state index contributed by atoms with van der Waals surface area (Å²) in [5.41, 5.74) is 7.19. The predicted molar refractivity (Wildman–Crippen MR) is 85.0 cm³/mol. The van der Waals surface area contributed by atoms with Crippen molar-refractivity contribution in [3.05, 3.63) is 24.3 Å². The first-order valence-electron chi connectivity index (χ1n) is 7.26. The Bertz CT molecular complexity index is 658. The number of carbonyl (C=O) groups excluding carboxylic acids is 1. The van der Waals surface area contributed by atoms with E-state index in [1.165, 1.54) is 0 Å². The van der Waals surface area contributed by atoms with Gasteiger partial charge in [-0.05, 0) is 34.9 Å². The molecule has 1 aromatic carbocycles. The number of aromatic nitrogens is 4. The average molecular weight is 302 g/mol. The first-order valence-corrected chi connectivity index (χ1v) is 7.26. The lowest BCUT2D eigenvalue weighted by Gasteiger charge is -2.25. The quantitative estimate of drug-likeness (QED) is 0.895. The van der Waals surface area contributed by atoms with Gasteiger partial charge >= 0.3 is 0 Å². The van der Waals surface area contributed by atoms with Gasteiger partial charge in [-0.2, -0.15) is 0 Å². The summed E-state index contributed by atoms with van der Waals surface area (Å²) in [6.45, 7) is 8.44. The molecule has 7 nitrogen and oxygen atoms in total. The molecule has 0 saturated carbocycles. The highest BCUT2D eigenvalue weighted by molar-refractivity contribution is 5.95. The van der Waals surface area contributed by atoms with Crippen LogP contribution in [-0.4, -0.2) is 32.2 Å². The van der Waals surface area contributed by atoms with Gasteiger partial charge in [-0.3, -0.25) is 4.79 Å². The van der Waals surface area contributed by atoms with E-state index in [2.05, 4.69) is 20.8 Å².